The van der Waals surface area contributed by atoms with E-state index in [9.17, 15) is 4.79 Å². The van der Waals surface area contributed by atoms with Crippen molar-refractivity contribution < 1.29 is 4.79 Å². The van der Waals surface area contributed by atoms with Crippen molar-refractivity contribution in [3.8, 4) is 0 Å². The molecule has 0 aromatic heterocycles. The Morgan fingerprint density at radius 2 is 2.42 bits per heavy atom. The molecule has 0 bridgehead atoms. The molecule has 3 nitrogen and oxygen atoms in total. The van der Waals surface area contributed by atoms with Crippen molar-refractivity contribution in [2.24, 2.45) is 5.73 Å². The molecule has 0 fully saturated rings. The van der Waals surface area contributed by atoms with Crippen molar-refractivity contribution in [3.05, 3.63) is 36.2 Å². The van der Waals surface area contributed by atoms with E-state index in [1.165, 1.54) is 0 Å². The molecule has 1 amide bonds. The Kier molecular flexibility index (Phi) is 2.33. The van der Waals surface area contributed by atoms with Gasteiger partial charge in [0, 0.05) is 12.2 Å². The topological polar surface area (TPSA) is 46.3 Å². The predicted molar refractivity (Wildman–Crippen MR) is 47.9 cm³/mol. The average Bonchev–Trinajstić information content (AvgIpc) is 2.03. The highest BCUT2D eigenvalue weighted by Gasteiger charge is 2.15. The highest BCUT2D eigenvalue weighted by molar-refractivity contribution is 5.92. The molecule has 3 heteroatoms. The summed E-state index contributed by atoms with van der Waals surface area (Å²) in [6, 6.07) is 0. The van der Waals surface area contributed by atoms with Crippen molar-refractivity contribution >= 4 is 5.91 Å². The number of nitrogens with zero attached hydrogens (tertiary/aromatic N) is 1. The van der Waals surface area contributed by atoms with Crippen molar-refractivity contribution in [1.29, 1.82) is 0 Å². The lowest BCUT2D eigenvalue weighted by atomic mass is 10.2. The normalized spacial score (nSPS) is 16.2. The van der Waals surface area contributed by atoms with Crippen LogP contribution in [0.5, 0.6) is 0 Å². The van der Waals surface area contributed by atoms with Crippen LogP contribution in [0.4, 0.5) is 0 Å². The van der Waals surface area contributed by atoms with Crippen LogP contribution in [0, 0.1) is 0 Å². The molecule has 1 rings (SSSR count). The first kappa shape index (κ1) is 8.59. The van der Waals surface area contributed by atoms with E-state index in [1.807, 2.05) is 13.0 Å². The fourth-order valence-corrected chi connectivity index (χ4v) is 1.17. The van der Waals surface area contributed by atoms with E-state index in [-0.39, 0.29) is 0 Å². The number of allylic oxidation sites excluding steroid dienone is 3. The largest absolute Gasteiger partial charge is 0.364 e. The van der Waals surface area contributed by atoms with Crippen molar-refractivity contribution in [3.63, 3.8) is 0 Å². The zero-order valence-corrected chi connectivity index (χ0v) is 7.08. The van der Waals surface area contributed by atoms with Gasteiger partial charge < -0.3 is 10.6 Å². The molecule has 0 atom stereocenters. The van der Waals surface area contributed by atoms with E-state index >= 15 is 0 Å². The van der Waals surface area contributed by atoms with Crippen LogP contribution in [0.1, 0.15) is 6.92 Å². The molecule has 2 N–H and O–H groups in total. The maximum absolute atomic E-state index is 10.9. The number of hydrogen-bond acceptors (Lipinski definition) is 2. The molecule has 0 radical (unpaired) electrons. The number of carbonyl (C=O) groups is 1. The lowest BCUT2D eigenvalue weighted by Gasteiger charge is -2.26. The molecule has 12 heavy (non-hydrogen) atoms. The molecule has 1 heterocycles. The number of carbonyl (C=O) groups excluding carboxylic acids is 1. The summed E-state index contributed by atoms with van der Waals surface area (Å²) in [6.45, 7) is 6.44. The summed E-state index contributed by atoms with van der Waals surface area (Å²) in [6.07, 6.45) is 5.31. The Hall–Kier alpha value is -1.51. The number of amides is 1. The molecule has 0 unspecified atom stereocenters. The van der Waals surface area contributed by atoms with Crippen LogP contribution in [-0.4, -0.2) is 17.4 Å². The quantitative estimate of drug-likeness (QED) is 0.655. The van der Waals surface area contributed by atoms with Gasteiger partial charge in [0.15, 0.2) is 0 Å². The predicted octanol–water partition coefficient (Wildman–Crippen LogP) is 0.761. The highest BCUT2D eigenvalue weighted by Crippen LogP contribution is 2.16. The number of primary amides is 1. The van der Waals surface area contributed by atoms with Crippen LogP contribution in [-0.2, 0) is 4.79 Å². The summed E-state index contributed by atoms with van der Waals surface area (Å²) in [4.78, 5) is 12.7. The number of likely N-dealkylation sites (N-methyl/N-ethyl adjacent to an activating group) is 1. The van der Waals surface area contributed by atoms with Crippen LogP contribution in [0.2, 0.25) is 0 Å². The third-order valence-corrected chi connectivity index (χ3v) is 1.75. The van der Waals surface area contributed by atoms with Gasteiger partial charge in [0.05, 0.1) is 0 Å². The maximum atomic E-state index is 10.9. The first-order valence-corrected chi connectivity index (χ1v) is 3.81. The molecule has 64 valence electrons. The second kappa shape index (κ2) is 3.26. The number of nitrogens with two attached hydrogens (primary N) is 1. The van der Waals surface area contributed by atoms with Crippen molar-refractivity contribution in [1.82, 2.24) is 4.90 Å². The summed E-state index contributed by atoms with van der Waals surface area (Å²) in [5, 5.41) is 0. The smallest absolute Gasteiger partial charge is 0.265 e. The van der Waals surface area contributed by atoms with E-state index in [4.69, 9.17) is 5.73 Å². The number of hydrogen-bond donors (Lipinski definition) is 1. The first-order valence-electron chi connectivity index (χ1n) is 3.81. The lowest BCUT2D eigenvalue weighted by Crippen LogP contribution is -2.31. The van der Waals surface area contributed by atoms with E-state index in [0.29, 0.717) is 12.2 Å². The van der Waals surface area contributed by atoms with E-state index < -0.39 is 5.91 Å². The minimum Gasteiger partial charge on any atom is -0.364 e. The Labute approximate surface area is 71.8 Å². The van der Waals surface area contributed by atoms with E-state index in [0.717, 1.165) is 5.70 Å². The van der Waals surface area contributed by atoms with Gasteiger partial charge in [-0.3, -0.25) is 4.79 Å². The Morgan fingerprint density at radius 1 is 1.75 bits per heavy atom. The van der Waals surface area contributed by atoms with Gasteiger partial charge in [0.2, 0.25) is 0 Å². The Morgan fingerprint density at radius 3 is 2.83 bits per heavy atom. The van der Waals surface area contributed by atoms with Crippen LogP contribution in [0.25, 0.3) is 0 Å². The molecule has 0 aliphatic carbocycles. The van der Waals surface area contributed by atoms with Crippen LogP contribution in [0.3, 0.4) is 0 Å². The van der Waals surface area contributed by atoms with Crippen molar-refractivity contribution in [2.45, 2.75) is 6.92 Å². The number of rotatable bonds is 2. The van der Waals surface area contributed by atoms with Gasteiger partial charge in [-0.05, 0) is 19.1 Å². The third-order valence-electron chi connectivity index (χ3n) is 1.75. The summed E-state index contributed by atoms with van der Waals surface area (Å²) < 4.78 is 0. The minimum absolute atomic E-state index is 0.414. The summed E-state index contributed by atoms with van der Waals surface area (Å²) in [5.74, 6) is -0.414. The highest BCUT2D eigenvalue weighted by atomic mass is 16.1. The first-order chi connectivity index (χ1) is 5.66. The van der Waals surface area contributed by atoms with Gasteiger partial charge >= 0.3 is 0 Å². The zero-order valence-electron chi connectivity index (χ0n) is 7.08. The van der Waals surface area contributed by atoms with Crippen LogP contribution >= 0.6 is 0 Å². The average molecular weight is 164 g/mol. The summed E-state index contributed by atoms with van der Waals surface area (Å²) in [5.41, 5.74) is 6.48. The van der Waals surface area contributed by atoms with Crippen LogP contribution < -0.4 is 5.73 Å². The molecular weight excluding hydrogens is 152 g/mol. The summed E-state index contributed by atoms with van der Waals surface area (Å²) >= 11 is 0. The zero-order chi connectivity index (χ0) is 9.14. The second-order valence-electron chi connectivity index (χ2n) is 2.51. The Balaban J connectivity index is 2.96. The molecule has 1 aliphatic rings. The fourth-order valence-electron chi connectivity index (χ4n) is 1.17. The summed E-state index contributed by atoms with van der Waals surface area (Å²) in [7, 11) is 0. The lowest BCUT2D eigenvalue weighted by molar-refractivity contribution is -0.115. The monoisotopic (exact) mass is 164 g/mol. The molecular formula is C9H12N2O. The molecule has 0 saturated heterocycles. The van der Waals surface area contributed by atoms with Gasteiger partial charge in [-0.2, -0.15) is 0 Å². The third kappa shape index (κ3) is 1.39. The van der Waals surface area contributed by atoms with Gasteiger partial charge in [-0.25, -0.2) is 0 Å². The van der Waals surface area contributed by atoms with E-state index in [2.05, 4.69) is 6.58 Å². The van der Waals surface area contributed by atoms with E-state index in [1.54, 1.807) is 17.1 Å². The van der Waals surface area contributed by atoms with Gasteiger partial charge in [-0.15, -0.1) is 0 Å². The molecule has 0 saturated carbocycles. The van der Waals surface area contributed by atoms with Crippen molar-refractivity contribution in [2.75, 3.05) is 6.54 Å². The fraction of sp³-hybridized carbons (Fsp3) is 0.222. The minimum atomic E-state index is -0.414. The molecule has 0 spiro atoms. The van der Waals surface area contributed by atoms with Crippen LogP contribution in [0.15, 0.2) is 36.2 Å². The van der Waals surface area contributed by atoms with Gasteiger partial charge in [0.1, 0.15) is 5.70 Å². The van der Waals surface area contributed by atoms with Gasteiger partial charge in [-0.1, -0.05) is 12.7 Å². The molecule has 0 aromatic rings. The maximum Gasteiger partial charge on any atom is 0.265 e. The molecule has 1 aliphatic heterocycles. The Bertz CT molecular complexity index is 276. The second-order valence-corrected chi connectivity index (χ2v) is 2.51. The molecule has 0 aromatic carbocycles. The standard InChI is InChI=1S/C9H12N2O/c1-3-11-7(2)5-4-6-8(11)9(10)12/h4-6H,2-3H2,1H3,(H2,10,12). The SMILES string of the molecule is C=C1C=CC=C(C(N)=O)N1CC. The van der Waals surface area contributed by atoms with Gasteiger partial charge in [0.25, 0.3) is 5.91 Å².